The van der Waals surface area contributed by atoms with Crippen LogP contribution < -0.4 is 5.32 Å². The van der Waals surface area contributed by atoms with Crippen molar-refractivity contribution in [3.63, 3.8) is 0 Å². The minimum atomic E-state index is -4.52. The number of amides is 1. The van der Waals surface area contributed by atoms with E-state index in [1.165, 1.54) is 26.0 Å². The van der Waals surface area contributed by atoms with E-state index in [1.807, 2.05) is 0 Å². The predicted octanol–water partition coefficient (Wildman–Crippen LogP) is 3.96. The number of nitrogens with zero attached hydrogens (tertiary/aromatic N) is 1. The number of benzene rings is 1. The molecule has 3 nitrogen and oxygen atoms in total. The standard InChI is InChI=1S/C12H10BrF3N2O/c1-11(2,6-17)10(19)18-7-3-4-9(13)8(5-7)12(14,15)16/h3-5H,1-2H3,(H,18,19). The third-order valence-corrected chi connectivity index (χ3v) is 3.07. The number of nitrogens with one attached hydrogen (secondary N) is 1. The smallest absolute Gasteiger partial charge is 0.325 e. The second-order valence-electron chi connectivity index (χ2n) is 4.38. The van der Waals surface area contributed by atoms with Gasteiger partial charge in [-0.1, -0.05) is 15.9 Å². The summed E-state index contributed by atoms with van der Waals surface area (Å²) in [5.41, 5.74) is -2.21. The van der Waals surface area contributed by atoms with Crippen molar-refractivity contribution in [3.8, 4) is 6.07 Å². The van der Waals surface area contributed by atoms with Gasteiger partial charge in [0.1, 0.15) is 5.41 Å². The molecule has 0 heterocycles. The Bertz CT molecular complexity index is 547. The van der Waals surface area contributed by atoms with Gasteiger partial charge in [0.15, 0.2) is 0 Å². The van der Waals surface area contributed by atoms with Gasteiger partial charge in [-0.05, 0) is 32.0 Å². The summed E-state index contributed by atoms with van der Waals surface area (Å²) in [5, 5.41) is 11.1. The van der Waals surface area contributed by atoms with E-state index >= 15 is 0 Å². The molecule has 0 saturated carbocycles. The molecule has 0 fully saturated rings. The lowest BCUT2D eigenvalue weighted by Crippen LogP contribution is -2.29. The van der Waals surface area contributed by atoms with E-state index in [0.717, 1.165) is 6.07 Å². The Hall–Kier alpha value is -1.55. The van der Waals surface area contributed by atoms with Crippen molar-refractivity contribution in [2.24, 2.45) is 5.41 Å². The lowest BCUT2D eigenvalue weighted by Gasteiger charge is -2.16. The fourth-order valence-electron chi connectivity index (χ4n) is 1.16. The highest BCUT2D eigenvalue weighted by Crippen LogP contribution is 2.36. The maximum absolute atomic E-state index is 12.7. The average Bonchev–Trinajstić information content (AvgIpc) is 2.30. The quantitative estimate of drug-likeness (QED) is 0.890. The largest absolute Gasteiger partial charge is 0.417 e. The summed E-state index contributed by atoms with van der Waals surface area (Å²) in [6.07, 6.45) is -4.52. The summed E-state index contributed by atoms with van der Waals surface area (Å²) in [6, 6.07) is 5.11. The van der Waals surface area contributed by atoms with E-state index in [1.54, 1.807) is 6.07 Å². The molecule has 0 atom stereocenters. The molecule has 0 radical (unpaired) electrons. The van der Waals surface area contributed by atoms with Crippen molar-refractivity contribution in [2.45, 2.75) is 20.0 Å². The van der Waals surface area contributed by atoms with Crippen molar-refractivity contribution >= 4 is 27.5 Å². The predicted molar refractivity (Wildman–Crippen MR) is 67.2 cm³/mol. The topological polar surface area (TPSA) is 52.9 Å². The number of anilines is 1. The zero-order valence-corrected chi connectivity index (χ0v) is 11.7. The van der Waals surface area contributed by atoms with Gasteiger partial charge in [-0.15, -0.1) is 0 Å². The van der Waals surface area contributed by atoms with Crippen LogP contribution >= 0.6 is 15.9 Å². The van der Waals surface area contributed by atoms with Crippen molar-refractivity contribution in [3.05, 3.63) is 28.2 Å². The number of halogens is 4. The Morgan fingerprint density at radius 2 is 1.95 bits per heavy atom. The van der Waals surface area contributed by atoms with Gasteiger partial charge in [0.2, 0.25) is 5.91 Å². The van der Waals surface area contributed by atoms with E-state index in [0.29, 0.717) is 0 Å². The summed E-state index contributed by atoms with van der Waals surface area (Å²) in [5.74, 6) is -0.662. The normalized spacial score (nSPS) is 11.8. The molecule has 0 aliphatic carbocycles. The van der Waals surface area contributed by atoms with Gasteiger partial charge in [0.05, 0.1) is 11.6 Å². The third kappa shape index (κ3) is 3.70. The number of hydrogen-bond donors (Lipinski definition) is 1. The molecule has 1 aromatic rings. The zero-order chi connectivity index (χ0) is 14.8. The number of nitriles is 1. The molecule has 0 unspecified atom stereocenters. The zero-order valence-electron chi connectivity index (χ0n) is 10.1. The molecule has 0 saturated heterocycles. The van der Waals surface area contributed by atoms with Crippen LogP contribution in [-0.2, 0) is 11.0 Å². The highest BCUT2D eigenvalue weighted by atomic mass is 79.9. The van der Waals surface area contributed by atoms with Gasteiger partial charge >= 0.3 is 6.18 Å². The summed E-state index contributed by atoms with van der Waals surface area (Å²) in [7, 11) is 0. The highest BCUT2D eigenvalue weighted by Gasteiger charge is 2.34. The molecule has 0 aromatic heterocycles. The Balaban J connectivity index is 3.06. The van der Waals surface area contributed by atoms with Gasteiger partial charge in [-0.25, -0.2) is 0 Å². The summed E-state index contributed by atoms with van der Waals surface area (Å²) in [6.45, 7) is 2.76. The maximum atomic E-state index is 12.7. The number of alkyl halides is 3. The van der Waals surface area contributed by atoms with Gasteiger partial charge in [-0.2, -0.15) is 18.4 Å². The van der Waals surface area contributed by atoms with Crippen molar-refractivity contribution in [1.29, 1.82) is 5.26 Å². The highest BCUT2D eigenvalue weighted by molar-refractivity contribution is 9.10. The first-order chi connectivity index (χ1) is 8.58. The molecule has 7 heteroatoms. The fraction of sp³-hybridized carbons (Fsp3) is 0.333. The van der Waals surface area contributed by atoms with Crippen LogP contribution in [-0.4, -0.2) is 5.91 Å². The van der Waals surface area contributed by atoms with Crippen LogP contribution in [0.15, 0.2) is 22.7 Å². The minimum absolute atomic E-state index is 0.0103. The molecule has 0 aliphatic heterocycles. The van der Waals surface area contributed by atoms with E-state index in [-0.39, 0.29) is 10.2 Å². The molecule has 0 aliphatic rings. The maximum Gasteiger partial charge on any atom is 0.417 e. The molecule has 0 bridgehead atoms. The van der Waals surface area contributed by atoms with Crippen LogP contribution in [0.25, 0.3) is 0 Å². The second-order valence-corrected chi connectivity index (χ2v) is 5.24. The van der Waals surface area contributed by atoms with Crippen LogP contribution in [0, 0.1) is 16.7 Å². The number of hydrogen-bond acceptors (Lipinski definition) is 2. The van der Waals surface area contributed by atoms with Crippen LogP contribution in [0.2, 0.25) is 0 Å². The Morgan fingerprint density at radius 1 is 1.37 bits per heavy atom. The monoisotopic (exact) mass is 334 g/mol. The average molecular weight is 335 g/mol. The fourth-order valence-corrected chi connectivity index (χ4v) is 1.63. The molecule has 1 N–H and O–H groups in total. The molecule has 0 spiro atoms. The van der Waals surface area contributed by atoms with E-state index < -0.39 is 23.1 Å². The number of carbonyl (C=O) groups is 1. The lowest BCUT2D eigenvalue weighted by atomic mass is 9.94. The van der Waals surface area contributed by atoms with Crippen LogP contribution in [0.4, 0.5) is 18.9 Å². The molecule has 19 heavy (non-hydrogen) atoms. The molecule has 1 amide bonds. The van der Waals surface area contributed by atoms with E-state index in [4.69, 9.17) is 5.26 Å². The Kier molecular flexibility index (Phi) is 4.25. The van der Waals surface area contributed by atoms with Gasteiger partial charge in [0, 0.05) is 10.2 Å². The van der Waals surface area contributed by atoms with Crippen molar-refractivity contribution in [2.75, 3.05) is 5.32 Å². The second kappa shape index (κ2) is 5.21. The van der Waals surface area contributed by atoms with Crippen molar-refractivity contribution in [1.82, 2.24) is 0 Å². The Morgan fingerprint density at radius 3 is 2.42 bits per heavy atom. The first-order valence-corrected chi connectivity index (χ1v) is 5.96. The molecular weight excluding hydrogens is 325 g/mol. The van der Waals surface area contributed by atoms with Gasteiger partial charge < -0.3 is 5.32 Å². The first-order valence-electron chi connectivity index (χ1n) is 5.17. The van der Waals surface area contributed by atoms with Crippen LogP contribution in [0.1, 0.15) is 19.4 Å². The van der Waals surface area contributed by atoms with Crippen LogP contribution in [0.3, 0.4) is 0 Å². The van der Waals surface area contributed by atoms with Gasteiger partial charge in [-0.3, -0.25) is 4.79 Å². The SMILES string of the molecule is CC(C)(C#N)C(=O)Nc1ccc(Br)c(C(F)(F)F)c1. The van der Waals surface area contributed by atoms with Crippen molar-refractivity contribution < 1.29 is 18.0 Å². The molecule has 102 valence electrons. The molecule has 1 aromatic carbocycles. The van der Waals surface area contributed by atoms with Gasteiger partial charge in [0.25, 0.3) is 0 Å². The number of carbonyl (C=O) groups excluding carboxylic acids is 1. The molecule has 1 rings (SSSR count). The van der Waals surface area contributed by atoms with E-state index in [2.05, 4.69) is 21.2 Å². The van der Waals surface area contributed by atoms with Crippen LogP contribution in [0.5, 0.6) is 0 Å². The first kappa shape index (κ1) is 15.5. The third-order valence-electron chi connectivity index (χ3n) is 2.38. The Labute approximate surface area is 116 Å². The number of rotatable bonds is 2. The summed E-state index contributed by atoms with van der Waals surface area (Å²) in [4.78, 5) is 11.7. The molecular formula is C12H10BrF3N2O. The van der Waals surface area contributed by atoms with E-state index in [9.17, 15) is 18.0 Å². The summed E-state index contributed by atoms with van der Waals surface area (Å²) < 4.78 is 37.9. The minimum Gasteiger partial charge on any atom is -0.325 e. The summed E-state index contributed by atoms with van der Waals surface area (Å²) >= 11 is 2.80. The lowest BCUT2D eigenvalue weighted by molar-refractivity contribution is -0.138.